The van der Waals surface area contributed by atoms with Gasteiger partial charge in [0.15, 0.2) is 6.10 Å². The summed E-state index contributed by atoms with van der Waals surface area (Å²) in [5.41, 5.74) is 0.233. The molecule has 0 aromatic heterocycles. The van der Waals surface area contributed by atoms with Crippen molar-refractivity contribution < 1.29 is 33.4 Å². The molecular weight excluding hydrogens is 358 g/mol. The van der Waals surface area contributed by atoms with E-state index >= 15 is 0 Å². The maximum absolute atomic E-state index is 12.2. The highest BCUT2D eigenvalue weighted by Gasteiger charge is 2.31. The first-order valence-electron chi connectivity index (χ1n) is 8.15. The Morgan fingerprint density at radius 2 is 1.81 bits per heavy atom. The summed E-state index contributed by atoms with van der Waals surface area (Å²) in [7, 11) is 2.90. The van der Waals surface area contributed by atoms with Crippen LogP contribution in [0.4, 0.5) is 4.79 Å². The van der Waals surface area contributed by atoms with Crippen LogP contribution >= 0.6 is 0 Å². The van der Waals surface area contributed by atoms with E-state index in [0.29, 0.717) is 18.0 Å². The standard InChI is InChI=1S/C17H21N3O7/c1-10(16(23)20-5-4-18-17(20)24)27-14(21)9-19-15(22)11-6-12(25-2)8-13(7-11)26-3/h6-8,10H,4-5,9H2,1-3H3,(H,18,24)(H,19,22)/t10-/m0/s1. The number of carbonyl (C=O) groups is 4. The first kappa shape index (κ1) is 20.0. The van der Waals surface area contributed by atoms with Crippen LogP contribution in [0.5, 0.6) is 11.5 Å². The molecule has 1 aromatic carbocycles. The second-order valence-corrected chi connectivity index (χ2v) is 5.64. The fraction of sp³-hybridized carbons (Fsp3) is 0.412. The highest BCUT2D eigenvalue weighted by atomic mass is 16.5. The van der Waals surface area contributed by atoms with E-state index in [1.807, 2.05) is 0 Å². The number of nitrogens with zero attached hydrogens (tertiary/aromatic N) is 1. The molecule has 27 heavy (non-hydrogen) atoms. The highest BCUT2D eigenvalue weighted by molar-refractivity contribution is 5.99. The van der Waals surface area contributed by atoms with E-state index in [4.69, 9.17) is 14.2 Å². The van der Waals surface area contributed by atoms with Gasteiger partial charge in [0.2, 0.25) is 0 Å². The number of benzene rings is 1. The smallest absolute Gasteiger partial charge is 0.326 e. The molecule has 4 amide bonds. The van der Waals surface area contributed by atoms with Crippen molar-refractivity contribution in [1.29, 1.82) is 0 Å². The summed E-state index contributed by atoms with van der Waals surface area (Å²) in [4.78, 5) is 48.6. The van der Waals surface area contributed by atoms with E-state index in [1.165, 1.54) is 33.3 Å². The number of ether oxygens (including phenoxy) is 3. The summed E-state index contributed by atoms with van der Waals surface area (Å²) in [6.07, 6.45) is -1.14. The normalized spacial score (nSPS) is 14.2. The van der Waals surface area contributed by atoms with Crippen molar-refractivity contribution in [2.24, 2.45) is 0 Å². The molecule has 0 unspecified atom stereocenters. The Labute approximate surface area is 155 Å². The van der Waals surface area contributed by atoms with E-state index in [0.717, 1.165) is 4.90 Å². The van der Waals surface area contributed by atoms with Gasteiger partial charge in [-0.2, -0.15) is 0 Å². The molecule has 1 fully saturated rings. The summed E-state index contributed by atoms with van der Waals surface area (Å²) >= 11 is 0. The van der Waals surface area contributed by atoms with Gasteiger partial charge in [0, 0.05) is 24.7 Å². The third-order valence-electron chi connectivity index (χ3n) is 3.79. The van der Waals surface area contributed by atoms with Gasteiger partial charge in [-0.3, -0.25) is 19.3 Å². The third-order valence-corrected chi connectivity index (χ3v) is 3.79. The molecule has 0 aliphatic carbocycles. The molecule has 0 spiro atoms. The Morgan fingerprint density at radius 3 is 2.33 bits per heavy atom. The number of imide groups is 1. The van der Waals surface area contributed by atoms with Gasteiger partial charge in [0.05, 0.1) is 14.2 Å². The molecule has 1 aromatic rings. The summed E-state index contributed by atoms with van der Waals surface area (Å²) in [6, 6.07) is 4.05. The Morgan fingerprint density at radius 1 is 1.19 bits per heavy atom. The molecule has 10 nitrogen and oxygen atoms in total. The third kappa shape index (κ3) is 5.09. The predicted octanol–water partition coefficient (Wildman–Crippen LogP) is -0.0829. The van der Waals surface area contributed by atoms with Gasteiger partial charge < -0.3 is 24.8 Å². The number of hydrogen-bond donors (Lipinski definition) is 2. The number of urea groups is 1. The van der Waals surface area contributed by atoms with Crippen LogP contribution in [0.3, 0.4) is 0 Å². The molecule has 10 heteroatoms. The van der Waals surface area contributed by atoms with E-state index in [1.54, 1.807) is 6.07 Å². The van der Waals surface area contributed by atoms with Crippen molar-refractivity contribution in [2.75, 3.05) is 33.9 Å². The molecule has 1 aliphatic rings. The molecule has 0 saturated carbocycles. The number of amides is 4. The molecule has 1 saturated heterocycles. The lowest BCUT2D eigenvalue weighted by molar-refractivity contribution is -0.156. The van der Waals surface area contributed by atoms with E-state index < -0.39 is 36.5 Å². The van der Waals surface area contributed by atoms with Gasteiger partial charge in [-0.1, -0.05) is 0 Å². The number of nitrogens with one attached hydrogen (secondary N) is 2. The van der Waals surface area contributed by atoms with Crippen LogP contribution in [0.2, 0.25) is 0 Å². The van der Waals surface area contributed by atoms with Gasteiger partial charge in [0.1, 0.15) is 18.0 Å². The SMILES string of the molecule is COc1cc(OC)cc(C(=O)NCC(=O)O[C@@H](C)C(=O)N2CCNC2=O)c1. The zero-order chi connectivity index (χ0) is 20.0. The average Bonchev–Trinajstić information content (AvgIpc) is 3.10. The molecule has 1 heterocycles. The summed E-state index contributed by atoms with van der Waals surface area (Å²) in [6.45, 7) is 1.49. The molecular formula is C17H21N3O7. The van der Waals surface area contributed by atoms with Gasteiger partial charge in [-0.05, 0) is 19.1 Å². The number of methoxy groups -OCH3 is 2. The quantitative estimate of drug-likeness (QED) is 0.635. The van der Waals surface area contributed by atoms with Crippen LogP contribution in [0.1, 0.15) is 17.3 Å². The first-order valence-corrected chi connectivity index (χ1v) is 8.15. The van der Waals surface area contributed by atoms with Crippen LogP contribution in [0, 0.1) is 0 Å². The monoisotopic (exact) mass is 379 g/mol. The summed E-state index contributed by atoms with van der Waals surface area (Å²) < 4.78 is 15.1. The molecule has 0 radical (unpaired) electrons. The van der Waals surface area contributed by atoms with Crippen molar-refractivity contribution in [3.05, 3.63) is 23.8 Å². The fourth-order valence-corrected chi connectivity index (χ4v) is 2.38. The van der Waals surface area contributed by atoms with Crippen LogP contribution in [-0.4, -0.2) is 68.7 Å². The first-order chi connectivity index (χ1) is 12.8. The lowest BCUT2D eigenvalue weighted by Crippen LogP contribution is -2.43. The Balaban J connectivity index is 1.88. The number of esters is 1. The van der Waals surface area contributed by atoms with Crippen molar-refractivity contribution in [3.63, 3.8) is 0 Å². The minimum Gasteiger partial charge on any atom is -0.497 e. The Bertz CT molecular complexity index is 728. The van der Waals surface area contributed by atoms with E-state index in [9.17, 15) is 19.2 Å². The van der Waals surface area contributed by atoms with Crippen molar-refractivity contribution in [3.8, 4) is 11.5 Å². The molecule has 1 aliphatic heterocycles. The number of rotatable bonds is 7. The number of hydrogen-bond acceptors (Lipinski definition) is 7. The second-order valence-electron chi connectivity index (χ2n) is 5.64. The van der Waals surface area contributed by atoms with Crippen LogP contribution < -0.4 is 20.1 Å². The Kier molecular flexibility index (Phi) is 6.58. The van der Waals surface area contributed by atoms with E-state index in [-0.39, 0.29) is 12.1 Å². The maximum Gasteiger partial charge on any atom is 0.326 e. The molecule has 0 bridgehead atoms. The zero-order valence-corrected chi connectivity index (χ0v) is 15.2. The predicted molar refractivity (Wildman–Crippen MR) is 92.5 cm³/mol. The molecule has 1 atom stereocenters. The lowest BCUT2D eigenvalue weighted by Gasteiger charge is -2.18. The minimum atomic E-state index is -1.14. The van der Waals surface area contributed by atoms with Crippen molar-refractivity contribution >= 4 is 23.8 Å². The maximum atomic E-state index is 12.2. The van der Waals surface area contributed by atoms with Crippen molar-refractivity contribution in [2.45, 2.75) is 13.0 Å². The number of carbonyl (C=O) groups excluding carboxylic acids is 4. The second kappa shape index (κ2) is 8.88. The largest absolute Gasteiger partial charge is 0.497 e. The highest BCUT2D eigenvalue weighted by Crippen LogP contribution is 2.22. The van der Waals surface area contributed by atoms with Crippen LogP contribution in [0.25, 0.3) is 0 Å². The minimum absolute atomic E-state index is 0.216. The fourth-order valence-electron chi connectivity index (χ4n) is 2.38. The molecule has 2 rings (SSSR count). The van der Waals surface area contributed by atoms with Crippen molar-refractivity contribution in [1.82, 2.24) is 15.5 Å². The lowest BCUT2D eigenvalue weighted by atomic mass is 10.2. The zero-order valence-electron chi connectivity index (χ0n) is 15.2. The topological polar surface area (TPSA) is 123 Å². The average molecular weight is 379 g/mol. The Hall–Kier alpha value is -3.30. The summed E-state index contributed by atoms with van der Waals surface area (Å²) in [5.74, 6) is -1.13. The van der Waals surface area contributed by atoms with Crippen LogP contribution in [0.15, 0.2) is 18.2 Å². The van der Waals surface area contributed by atoms with Gasteiger partial charge in [-0.15, -0.1) is 0 Å². The van der Waals surface area contributed by atoms with Crippen LogP contribution in [-0.2, 0) is 14.3 Å². The summed E-state index contributed by atoms with van der Waals surface area (Å²) in [5, 5.41) is 4.88. The van der Waals surface area contributed by atoms with Gasteiger partial charge in [-0.25, -0.2) is 4.79 Å². The van der Waals surface area contributed by atoms with Gasteiger partial charge in [0.25, 0.3) is 11.8 Å². The van der Waals surface area contributed by atoms with E-state index in [2.05, 4.69) is 10.6 Å². The van der Waals surface area contributed by atoms with Gasteiger partial charge >= 0.3 is 12.0 Å². The molecule has 2 N–H and O–H groups in total. The molecule has 146 valence electrons.